The fraction of sp³-hybridized carbons (Fsp3) is 0.0526. The van der Waals surface area contributed by atoms with Gasteiger partial charge in [-0.05, 0) is 24.3 Å². The summed E-state index contributed by atoms with van der Waals surface area (Å²) in [6.45, 7) is 0. The van der Waals surface area contributed by atoms with Gasteiger partial charge in [-0.2, -0.15) is 0 Å². The molecule has 0 aliphatic heterocycles. The molecule has 0 unspecified atom stereocenters. The Hall–Kier alpha value is -3.21. The second-order valence-electron chi connectivity index (χ2n) is 5.04. The van der Waals surface area contributed by atoms with Crippen LogP contribution in [0.3, 0.4) is 0 Å². The molecule has 0 saturated carbocycles. The molecule has 0 amide bonds. The highest BCUT2D eigenvalue weighted by Crippen LogP contribution is 2.28. The molecule has 0 atom stereocenters. The van der Waals surface area contributed by atoms with Gasteiger partial charge in [-0.1, -0.05) is 30.3 Å². The maximum atomic E-state index is 13.1. The topological polar surface area (TPSA) is 56.5 Å². The summed E-state index contributed by atoms with van der Waals surface area (Å²) in [5.41, 5.74) is 0.405. The summed E-state index contributed by atoms with van der Waals surface area (Å²) in [4.78, 5) is 24.4. The third-order valence-corrected chi connectivity index (χ3v) is 3.50. The standard InChI is InChI=1S/C19H13FO4/c1-23-19(22)17-15(21)11-16(12-7-9-14(20)10-8-12)24-18(17)13-5-3-2-4-6-13/h2-11H,1H3. The van der Waals surface area contributed by atoms with Gasteiger partial charge in [0.15, 0.2) is 11.3 Å². The van der Waals surface area contributed by atoms with Gasteiger partial charge in [-0.25, -0.2) is 9.18 Å². The molecule has 1 heterocycles. The molecule has 0 saturated heterocycles. The quantitative estimate of drug-likeness (QED) is 0.686. The number of benzene rings is 2. The van der Waals surface area contributed by atoms with Gasteiger partial charge in [0.05, 0.1) is 7.11 Å². The number of rotatable bonds is 3. The van der Waals surface area contributed by atoms with E-state index >= 15 is 0 Å². The highest BCUT2D eigenvalue weighted by Gasteiger charge is 2.21. The lowest BCUT2D eigenvalue weighted by atomic mass is 10.1. The molecule has 0 spiro atoms. The van der Waals surface area contributed by atoms with Crippen LogP contribution in [0.2, 0.25) is 0 Å². The van der Waals surface area contributed by atoms with E-state index in [0.717, 1.165) is 0 Å². The average molecular weight is 324 g/mol. The van der Waals surface area contributed by atoms with E-state index < -0.39 is 17.2 Å². The third-order valence-electron chi connectivity index (χ3n) is 3.50. The molecule has 1 aromatic heterocycles. The number of hydrogen-bond donors (Lipinski definition) is 0. The van der Waals surface area contributed by atoms with E-state index in [-0.39, 0.29) is 17.1 Å². The van der Waals surface area contributed by atoms with Crippen LogP contribution in [0.5, 0.6) is 0 Å². The fourth-order valence-corrected chi connectivity index (χ4v) is 2.34. The van der Waals surface area contributed by atoms with E-state index in [1.165, 1.54) is 37.4 Å². The average Bonchev–Trinajstić information content (AvgIpc) is 2.62. The minimum Gasteiger partial charge on any atom is -0.465 e. The van der Waals surface area contributed by atoms with Crippen molar-refractivity contribution in [3.05, 3.63) is 82.3 Å². The van der Waals surface area contributed by atoms with Crippen LogP contribution in [-0.2, 0) is 4.74 Å². The van der Waals surface area contributed by atoms with E-state index in [9.17, 15) is 14.0 Å². The van der Waals surface area contributed by atoms with Crippen molar-refractivity contribution in [2.75, 3.05) is 7.11 Å². The zero-order valence-electron chi connectivity index (χ0n) is 12.8. The first-order chi connectivity index (χ1) is 11.6. The number of methoxy groups -OCH3 is 1. The maximum absolute atomic E-state index is 13.1. The fourth-order valence-electron chi connectivity index (χ4n) is 2.34. The minimum absolute atomic E-state index is 0.120. The van der Waals surface area contributed by atoms with Gasteiger partial charge in [0.1, 0.15) is 11.6 Å². The summed E-state index contributed by atoms with van der Waals surface area (Å²) in [5.74, 6) is -0.801. The number of ether oxygens (including phenoxy) is 1. The lowest BCUT2D eigenvalue weighted by Crippen LogP contribution is -2.17. The van der Waals surface area contributed by atoms with Crippen molar-refractivity contribution in [1.29, 1.82) is 0 Å². The molecule has 0 radical (unpaired) electrons. The lowest BCUT2D eigenvalue weighted by Gasteiger charge is -2.09. The molecule has 4 nitrogen and oxygen atoms in total. The molecule has 3 rings (SSSR count). The molecule has 120 valence electrons. The monoisotopic (exact) mass is 324 g/mol. The third kappa shape index (κ3) is 2.96. The Kier molecular flexibility index (Phi) is 4.24. The van der Waals surface area contributed by atoms with Crippen molar-refractivity contribution in [1.82, 2.24) is 0 Å². The smallest absolute Gasteiger partial charge is 0.345 e. The predicted molar refractivity (Wildman–Crippen MR) is 87.1 cm³/mol. The number of carbonyl (C=O) groups is 1. The van der Waals surface area contributed by atoms with E-state index in [0.29, 0.717) is 11.1 Å². The number of carbonyl (C=O) groups excluding carboxylic acids is 1. The van der Waals surface area contributed by atoms with Crippen LogP contribution in [0.25, 0.3) is 22.6 Å². The Morgan fingerprint density at radius 1 is 1.00 bits per heavy atom. The van der Waals surface area contributed by atoms with Crippen LogP contribution < -0.4 is 5.43 Å². The van der Waals surface area contributed by atoms with Crippen LogP contribution in [0, 0.1) is 5.82 Å². The van der Waals surface area contributed by atoms with Crippen molar-refractivity contribution in [2.45, 2.75) is 0 Å². The molecule has 24 heavy (non-hydrogen) atoms. The second-order valence-corrected chi connectivity index (χ2v) is 5.04. The molecular formula is C19H13FO4. The molecule has 3 aromatic rings. The summed E-state index contributed by atoms with van der Waals surface area (Å²) in [5, 5.41) is 0. The van der Waals surface area contributed by atoms with E-state index in [4.69, 9.17) is 9.15 Å². The first-order valence-electron chi connectivity index (χ1n) is 7.18. The van der Waals surface area contributed by atoms with Crippen molar-refractivity contribution >= 4 is 5.97 Å². The van der Waals surface area contributed by atoms with E-state index in [1.54, 1.807) is 24.3 Å². The Morgan fingerprint density at radius 2 is 1.67 bits per heavy atom. The highest BCUT2D eigenvalue weighted by molar-refractivity contribution is 5.95. The second kappa shape index (κ2) is 6.50. The van der Waals surface area contributed by atoms with Gasteiger partial charge in [-0.3, -0.25) is 4.79 Å². The van der Waals surface area contributed by atoms with E-state index in [2.05, 4.69) is 0 Å². The summed E-state index contributed by atoms with van der Waals surface area (Å²) in [6.07, 6.45) is 0. The van der Waals surface area contributed by atoms with Crippen LogP contribution in [0.15, 0.2) is 69.9 Å². The highest BCUT2D eigenvalue weighted by atomic mass is 19.1. The summed E-state index contributed by atoms with van der Waals surface area (Å²) in [6, 6.07) is 15.5. The first kappa shape index (κ1) is 15.7. The number of hydrogen-bond acceptors (Lipinski definition) is 4. The Morgan fingerprint density at radius 3 is 2.29 bits per heavy atom. The summed E-state index contributed by atoms with van der Waals surface area (Å²) >= 11 is 0. The molecular weight excluding hydrogens is 311 g/mol. The normalized spacial score (nSPS) is 10.4. The maximum Gasteiger partial charge on any atom is 0.345 e. The van der Waals surface area contributed by atoms with Gasteiger partial charge in [0, 0.05) is 17.2 Å². The molecule has 0 aliphatic carbocycles. The predicted octanol–water partition coefficient (Wildman–Crippen LogP) is 3.90. The Labute approximate surface area is 137 Å². The van der Waals surface area contributed by atoms with Gasteiger partial charge in [0.2, 0.25) is 5.43 Å². The van der Waals surface area contributed by atoms with Gasteiger partial charge < -0.3 is 9.15 Å². The van der Waals surface area contributed by atoms with Crippen molar-refractivity contribution < 1.29 is 18.3 Å². The molecule has 0 bridgehead atoms. The van der Waals surface area contributed by atoms with Crippen molar-refractivity contribution in [3.63, 3.8) is 0 Å². The Balaban J connectivity index is 2.25. The van der Waals surface area contributed by atoms with Gasteiger partial charge in [-0.15, -0.1) is 0 Å². The van der Waals surface area contributed by atoms with Gasteiger partial charge in [0.25, 0.3) is 0 Å². The lowest BCUT2D eigenvalue weighted by molar-refractivity contribution is 0.0598. The summed E-state index contributed by atoms with van der Waals surface area (Å²) < 4.78 is 23.6. The molecule has 5 heteroatoms. The zero-order valence-corrected chi connectivity index (χ0v) is 12.8. The van der Waals surface area contributed by atoms with E-state index in [1.807, 2.05) is 6.07 Å². The first-order valence-corrected chi connectivity index (χ1v) is 7.18. The van der Waals surface area contributed by atoms with Crippen molar-refractivity contribution in [2.24, 2.45) is 0 Å². The molecule has 0 N–H and O–H groups in total. The zero-order chi connectivity index (χ0) is 17.1. The van der Waals surface area contributed by atoms with Crippen LogP contribution in [0.4, 0.5) is 4.39 Å². The molecule has 0 fully saturated rings. The molecule has 2 aromatic carbocycles. The Bertz CT molecular complexity index is 928. The van der Waals surface area contributed by atoms with Gasteiger partial charge >= 0.3 is 5.97 Å². The minimum atomic E-state index is -0.770. The van der Waals surface area contributed by atoms with Crippen LogP contribution >= 0.6 is 0 Å². The van der Waals surface area contributed by atoms with Crippen LogP contribution in [-0.4, -0.2) is 13.1 Å². The number of halogens is 1. The van der Waals surface area contributed by atoms with Crippen molar-refractivity contribution in [3.8, 4) is 22.6 Å². The SMILES string of the molecule is COC(=O)c1c(-c2ccccc2)oc(-c2ccc(F)cc2)cc1=O. The molecule has 0 aliphatic rings. The van der Waals surface area contributed by atoms with Crippen LogP contribution in [0.1, 0.15) is 10.4 Å². The number of esters is 1. The largest absolute Gasteiger partial charge is 0.465 e. The summed E-state index contributed by atoms with van der Waals surface area (Å²) in [7, 11) is 1.20.